The maximum absolute atomic E-state index is 13.5. The van der Waals surface area contributed by atoms with Crippen LogP contribution in [0.5, 0.6) is 5.75 Å². The van der Waals surface area contributed by atoms with Crippen LogP contribution in [0.1, 0.15) is 11.7 Å². The van der Waals surface area contributed by atoms with Crippen LogP contribution in [-0.4, -0.2) is 11.7 Å². The lowest BCUT2D eigenvalue weighted by Crippen LogP contribution is -2.11. The summed E-state index contributed by atoms with van der Waals surface area (Å²) in [4.78, 5) is 0. The van der Waals surface area contributed by atoms with Crippen molar-refractivity contribution in [2.45, 2.75) is 6.10 Å². The molecule has 1 N–H and O–H groups in total. The molecule has 0 amide bonds. The molecule has 2 aromatic carbocycles. The lowest BCUT2D eigenvalue weighted by molar-refractivity contribution is 0.105. The summed E-state index contributed by atoms with van der Waals surface area (Å²) in [5.74, 6) is 0.0950. The van der Waals surface area contributed by atoms with Crippen molar-refractivity contribution in [2.24, 2.45) is 0 Å². The van der Waals surface area contributed by atoms with Gasteiger partial charge in [-0.1, -0.05) is 35.9 Å². The van der Waals surface area contributed by atoms with Crippen molar-refractivity contribution in [3.05, 3.63) is 64.9 Å². The lowest BCUT2D eigenvalue weighted by Gasteiger charge is -2.13. The Morgan fingerprint density at radius 3 is 2.56 bits per heavy atom. The number of hydrogen-bond acceptors (Lipinski definition) is 2. The standard InChI is InChI=1S/C14H12ClFO2/c15-10-6-7-12(13(16)8-10)14(17)9-18-11-4-2-1-3-5-11/h1-8,14,17H,9H2. The first-order valence-electron chi connectivity index (χ1n) is 5.47. The van der Waals surface area contributed by atoms with Gasteiger partial charge >= 0.3 is 0 Å². The Morgan fingerprint density at radius 2 is 1.89 bits per heavy atom. The smallest absolute Gasteiger partial charge is 0.130 e. The van der Waals surface area contributed by atoms with Crippen LogP contribution >= 0.6 is 11.6 Å². The third-order valence-corrected chi connectivity index (χ3v) is 2.71. The van der Waals surface area contributed by atoms with Crippen molar-refractivity contribution in [1.82, 2.24) is 0 Å². The van der Waals surface area contributed by atoms with Crippen LogP contribution in [0.3, 0.4) is 0 Å². The number of halogens is 2. The average molecular weight is 267 g/mol. The molecule has 0 heterocycles. The maximum atomic E-state index is 13.5. The van der Waals surface area contributed by atoms with E-state index in [1.165, 1.54) is 18.2 Å². The summed E-state index contributed by atoms with van der Waals surface area (Å²) in [6.07, 6.45) is -1.03. The Balaban J connectivity index is 2.01. The number of aliphatic hydroxyl groups excluding tert-OH is 1. The first-order valence-corrected chi connectivity index (χ1v) is 5.85. The summed E-state index contributed by atoms with van der Waals surface area (Å²) in [7, 11) is 0. The fraction of sp³-hybridized carbons (Fsp3) is 0.143. The van der Waals surface area contributed by atoms with E-state index in [1.807, 2.05) is 18.2 Å². The Hall–Kier alpha value is -1.58. The molecule has 18 heavy (non-hydrogen) atoms. The van der Waals surface area contributed by atoms with Gasteiger partial charge in [0.05, 0.1) is 0 Å². The zero-order chi connectivity index (χ0) is 13.0. The highest BCUT2D eigenvalue weighted by Gasteiger charge is 2.13. The zero-order valence-electron chi connectivity index (χ0n) is 9.51. The van der Waals surface area contributed by atoms with Gasteiger partial charge in [0.25, 0.3) is 0 Å². The third-order valence-electron chi connectivity index (χ3n) is 2.47. The number of benzene rings is 2. The van der Waals surface area contributed by atoms with E-state index < -0.39 is 11.9 Å². The highest BCUT2D eigenvalue weighted by atomic mass is 35.5. The Bertz CT molecular complexity index is 516. The molecule has 2 rings (SSSR count). The summed E-state index contributed by atoms with van der Waals surface area (Å²) < 4.78 is 18.9. The van der Waals surface area contributed by atoms with Gasteiger partial charge in [-0.25, -0.2) is 4.39 Å². The minimum atomic E-state index is -1.03. The summed E-state index contributed by atoms with van der Waals surface area (Å²) in [5.41, 5.74) is 0.176. The zero-order valence-corrected chi connectivity index (χ0v) is 10.3. The fourth-order valence-electron chi connectivity index (χ4n) is 1.55. The van der Waals surface area contributed by atoms with Crippen molar-refractivity contribution in [3.8, 4) is 5.75 Å². The molecule has 2 nitrogen and oxygen atoms in total. The van der Waals surface area contributed by atoms with E-state index in [4.69, 9.17) is 16.3 Å². The van der Waals surface area contributed by atoms with Crippen molar-refractivity contribution in [1.29, 1.82) is 0 Å². The highest BCUT2D eigenvalue weighted by Crippen LogP contribution is 2.21. The molecule has 0 fully saturated rings. The molecule has 0 aliphatic heterocycles. The second-order valence-electron chi connectivity index (χ2n) is 3.81. The van der Waals surface area contributed by atoms with E-state index >= 15 is 0 Å². The number of hydrogen-bond donors (Lipinski definition) is 1. The van der Waals surface area contributed by atoms with Gasteiger partial charge in [-0.3, -0.25) is 0 Å². The van der Waals surface area contributed by atoms with Crippen LogP contribution in [0.2, 0.25) is 5.02 Å². The summed E-state index contributed by atoms with van der Waals surface area (Å²) >= 11 is 5.64. The molecule has 0 saturated heterocycles. The van der Waals surface area contributed by atoms with E-state index in [9.17, 15) is 9.50 Å². The molecule has 0 radical (unpaired) electrons. The van der Waals surface area contributed by atoms with E-state index in [2.05, 4.69) is 0 Å². The van der Waals surface area contributed by atoms with Crippen molar-refractivity contribution < 1.29 is 14.2 Å². The molecule has 1 atom stereocenters. The van der Waals surface area contributed by atoms with Crippen LogP contribution in [0.25, 0.3) is 0 Å². The van der Waals surface area contributed by atoms with Crippen LogP contribution < -0.4 is 4.74 Å². The summed E-state index contributed by atoms with van der Waals surface area (Å²) in [6.45, 7) is -0.0113. The quantitative estimate of drug-likeness (QED) is 0.916. The normalized spacial score (nSPS) is 12.2. The van der Waals surface area contributed by atoms with Crippen molar-refractivity contribution in [3.63, 3.8) is 0 Å². The molecule has 2 aromatic rings. The van der Waals surface area contributed by atoms with Gasteiger partial charge in [-0.15, -0.1) is 0 Å². The second kappa shape index (κ2) is 5.85. The molecule has 0 bridgehead atoms. The fourth-order valence-corrected chi connectivity index (χ4v) is 1.71. The second-order valence-corrected chi connectivity index (χ2v) is 4.24. The minimum Gasteiger partial charge on any atom is -0.491 e. The molecule has 0 saturated carbocycles. The number of rotatable bonds is 4. The van der Waals surface area contributed by atoms with E-state index in [0.29, 0.717) is 10.8 Å². The minimum absolute atomic E-state index is 0.0113. The molecular weight excluding hydrogens is 255 g/mol. The molecule has 94 valence electrons. The first kappa shape index (κ1) is 12.9. The monoisotopic (exact) mass is 266 g/mol. The van der Waals surface area contributed by atoms with Gasteiger partial charge in [-0.05, 0) is 24.3 Å². The summed E-state index contributed by atoms with van der Waals surface area (Å²) in [6, 6.07) is 13.2. The number of para-hydroxylation sites is 1. The Kier molecular flexibility index (Phi) is 4.18. The topological polar surface area (TPSA) is 29.5 Å². The Labute approximate surface area is 110 Å². The molecule has 1 unspecified atom stereocenters. The van der Waals surface area contributed by atoms with E-state index in [1.54, 1.807) is 12.1 Å². The van der Waals surface area contributed by atoms with Gasteiger partial charge in [0.1, 0.15) is 24.3 Å². The number of ether oxygens (including phenoxy) is 1. The highest BCUT2D eigenvalue weighted by molar-refractivity contribution is 6.30. The summed E-state index contributed by atoms with van der Waals surface area (Å²) in [5, 5.41) is 10.1. The van der Waals surface area contributed by atoms with Crippen molar-refractivity contribution >= 4 is 11.6 Å². The van der Waals surface area contributed by atoms with Crippen LogP contribution in [0.4, 0.5) is 4.39 Å². The molecule has 0 spiro atoms. The van der Waals surface area contributed by atoms with Crippen molar-refractivity contribution in [2.75, 3.05) is 6.61 Å². The van der Waals surface area contributed by atoms with Gasteiger partial charge in [0, 0.05) is 10.6 Å². The SMILES string of the molecule is OC(COc1ccccc1)c1ccc(Cl)cc1F. The van der Waals surface area contributed by atoms with Crippen LogP contribution in [0.15, 0.2) is 48.5 Å². The maximum Gasteiger partial charge on any atom is 0.130 e. The molecular formula is C14H12ClFO2. The molecule has 0 aliphatic carbocycles. The van der Waals surface area contributed by atoms with E-state index in [-0.39, 0.29) is 12.2 Å². The van der Waals surface area contributed by atoms with Gasteiger partial charge in [-0.2, -0.15) is 0 Å². The van der Waals surface area contributed by atoms with Gasteiger partial charge in [0.15, 0.2) is 0 Å². The van der Waals surface area contributed by atoms with Crippen LogP contribution in [0, 0.1) is 5.82 Å². The Morgan fingerprint density at radius 1 is 1.17 bits per heavy atom. The van der Waals surface area contributed by atoms with Gasteiger partial charge < -0.3 is 9.84 Å². The van der Waals surface area contributed by atoms with Gasteiger partial charge in [0.2, 0.25) is 0 Å². The molecule has 4 heteroatoms. The third kappa shape index (κ3) is 3.22. The predicted octanol–water partition coefficient (Wildman–Crippen LogP) is 3.59. The largest absolute Gasteiger partial charge is 0.491 e. The molecule has 0 aliphatic rings. The first-order chi connectivity index (χ1) is 8.66. The van der Waals surface area contributed by atoms with E-state index in [0.717, 1.165) is 0 Å². The van der Waals surface area contributed by atoms with Crippen LogP contribution in [-0.2, 0) is 0 Å². The lowest BCUT2D eigenvalue weighted by atomic mass is 10.1. The number of aliphatic hydroxyl groups is 1. The molecule has 0 aromatic heterocycles. The predicted molar refractivity (Wildman–Crippen MR) is 68.3 cm³/mol. The average Bonchev–Trinajstić information content (AvgIpc) is 2.37.